The van der Waals surface area contributed by atoms with Gasteiger partial charge in [0.15, 0.2) is 5.96 Å². The molecule has 1 aliphatic rings. The van der Waals surface area contributed by atoms with Crippen molar-refractivity contribution in [2.45, 2.75) is 32.7 Å². The highest BCUT2D eigenvalue weighted by Gasteiger charge is 2.21. The van der Waals surface area contributed by atoms with Gasteiger partial charge in [-0.2, -0.15) is 0 Å². The van der Waals surface area contributed by atoms with E-state index < -0.39 is 0 Å². The van der Waals surface area contributed by atoms with Crippen molar-refractivity contribution in [1.82, 2.24) is 25.8 Å². The van der Waals surface area contributed by atoms with Crippen LogP contribution in [0.5, 0.6) is 0 Å². The van der Waals surface area contributed by atoms with Crippen LogP contribution in [0.25, 0.3) is 0 Å². The van der Waals surface area contributed by atoms with Crippen molar-refractivity contribution >= 4 is 41.8 Å². The maximum Gasteiger partial charge on any atom is 0.243 e. The van der Waals surface area contributed by atoms with Gasteiger partial charge in [-0.3, -0.25) is 14.5 Å². The lowest BCUT2D eigenvalue weighted by atomic mass is 10.1. The fourth-order valence-electron chi connectivity index (χ4n) is 2.45. The lowest BCUT2D eigenvalue weighted by Gasteiger charge is -2.32. The Balaban J connectivity index is 0.00000625. The zero-order valence-electron chi connectivity index (χ0n) is 16.7. The number of carbonyl (C=O) groups excluding carboxylic acids is 2. The van der Waals surface area contributed by atoms with E-state index >= 15 is 0 Å². The van der Waals surface area contributed by atoms with Crippen LogP contribution >= 0.6 is 24.0 Å². The van der Waals surface area contributed by atoms with E-state index in [0.717, 1.165) is 32.5 Å². The third-order valence-electron chi connectivity index (χ3n) is 4.12. The maximum atomic E-state index is 11.8. The predicted molar refractivity (Wildman–Crippen MR) is 116 cm³/mol. The summed E-state index contributed by atoms with van der Waals surface area (Å²) in [7, 11) is 5.12. The van der Waals surface area contributed by atoms with Gasteiger partial charge in [-0.1, -0.05) is 13.8 Å². The van der Waals surface area contributed by atoms with E-state index in [2.05, 4.69) is 39.7 Å². The smallest absolute Gasteiger partial charge is 0.243 e. The molecule has 9 heteroatoms. The number of piperidine rings is 1. The monoisotopic (exact) mass is 482 g/mol. The van der Waals surface area contributed by atoms with E-state index in [1.54, 1.807) is 26.0 Å². The summed E-state index contributed by atoms with van der Waals surface area (Å²) in [6, 6.07) is 0.300. The number of nitrogens with one attached hydrogen (secondary N) is 3. The molecule has 1 rings (SSSR count). The van der Waals surface area contributed by atoms with E-state index in [9.17, 15) is 9.59 Å². The molecule has 1 saturated heterocycles. The van der Waals surface area contributed by atoms with Crippen LogP contribution in [0.4, 0.5) is 0 Å². The van der Waals surface area contributed by atoms with Gasteiger partial charge in [0, 0.05) is 46.8 Å². The van der Waals surface area contributed by atoms with E-state index in [0.29, 0.717) is 24.5 Å². The van der Waals surface area contributed by atoms with Crippen LogP contribution in [-0.4, -0.2) is 87.5 Å². The molecular formula is C17H35IN6O2. The van der Waals surface area contributed by atoms with Crippen molar-refractivity contribution in [2.24, 2.45) is 10.9 Å². The molecule has 0 aliphatic carbocycles. The van der Waals surface area contributed by atoms with Crippen molar-refractivity contribution in [3.63, 3.8) is 0 Å². The second-order valence-corrected chi connectivity index (χ2v) is 7.10. The van der Waals surface area contributed by atoms with E-state index in [1.165, 1.54) is 0 Å². The molecule has 1 fully saturated rings. The molecule has 0 radical (unpaired) electrons. The standard InChI is InChI=1S/C17H34N6O2.HI/c1-13(2)10-19-17(20-11-16(25)22(4)5)21-14-6-8-23(9-7-14)12-15(24)18-3;/h13-14H,6-12H2,1-5H3,(H,18,24)(H2,19,20,21);1H. The first-order valence-electron chi connectivity index (χ1n) is 8.99. The van der Waals surface area contributed by atoms with Crippen LogP contribution in [0, 0.1) is 5.92 Å². The van der Waals surface area contributed by atoms with E-state index in [1.807, 2.05) is 0 Å². The number of nitrogens with zero attached hydrogens (tertiary/aromatic N) is 3. The summed E-state index contributed by atoms with van der Waals surface area (Å²) in [6.07, 6.45) is 1.89. The van der Waals surface area contributed by atoms with E-state index in [-0.39, 0.29) is 42.3 Å². The highest BCUT2D eigenvalue weighted by atomic mass is 127. The normalized spacial score (nSPS) is 16.0. The molecule has 8 nitrogen and oxygen atoms in total. The minimum absolute atomic E-state index is 0. The summed E-state index contributed by atoms with van der Waals surface area (Å²) < 4.78 is 0. The summed E-state index contributed by atoms with van der Waals surface area (Å²) in [5.74, 6) is 1.21. The number of halogens is 1. The van der Waals surface area contributed by atoms with Crippen molar-refractivity contribution < 1.29 is 9.59 Å². The number of likely N-dealkylation sites (tertiary alicyclic amines) is 1. The first-order chi connectivity index (χ1) is 11.8. The maximum absolute atomic E-state index is 11.8. The number of hydrogen-bond acceptors (Lipinski definition) is 4. The third-order valence-corrected chi connectivity index (χ3v) is 4.12. The number of aliphatic imine (C=N–C) groups is 1. The van der Waals surface area contributed by atoms with Gasteiger partial charge in [0.2, 0.25) is 11.8 Å². The molecule has 0 aromatic rings. The van der Waals surface area contributed by atoms with Crippen molar-refractivity contribution in [1.29, 1.82) is 0 Å². The molecule has 0 aromatic carbocycles. The van der Waals surface area contributed by atoms with Crippen molar-refractivity contribution in [2.75, 3.05) is 53.9 Å². The Morgan fingerprint density at radius 3 is 2.35 bits per heavy atom. The molecule has 0 saturated carbocycles. The van der Waals surface area contributed by atoms with Gasteiger partial charge in [0.1, 0.15) is 6.54 Å². The largest absolute Gasteiger partial charge is 0.358 e. The SMILES string of the molecule is CNC(=O)CN1CCC(NC(=NCC(=O)N(C)C)NCC(C)C)CC1.I. The van der Waals surface area contributed by atoms with Gasteiger partial charge in [0.05, 0.1) is 6.54 Å². The predicted octanol–water partition coefficient (Wildman–Crippen LogP) is 0.0942. The van der Waals surface area contributed by atoms with Gasteiger partial charge >= 0.3 is 0 Å². The first kappa shape index (κ1) is 24.9. The van der Waals surface area contributed by atoms with Gasteiger partial charge in [-0.25, -0.2) is 4.99 Å². The molecule has 0 spiro atoms. The molecule has 2 amide bonds. The third kappa shape index (κ3) is 10.1. The van der Waals surface area contributed by atoms with Crippen LogP contribution in [0.1, 0.15) is 26.7 Å². The Kier molecular flexibility index (Phi) is 12.6. The number of guanidine groups is 1. The zero-order chi connectivity index (χ0) is 18.8. The van der Waals surface area contributed by atoms with Gasteiger partial charge in [-0.05, 0) is 18.8 Å². The van der Waals surface area contributed by atoms with Crippen LogP contribution in [0.15, 0.2) is 4.99 Å². The lowest BCUT2D eigenvalue weighted by Crippen LogP contribution is -2.50. The van der Waals surface area contributed by atoms with Gasteiger partial charge in [0.25, 0.3) is 0 Å². The van der Waals surface area contributed by atoms with E-state index in [4.69, 9.17) is 0 Å². The Labute approximate surface area is 174 Å². The number of carbonyl (C=O) groups is 2. The van der Waals surface area contributed by atoms with Gasteiger partial charge < -0.3 is 20.9 Å². The topological polar surface area (TPSA) is 89.1 Å². The molecule has 0 atom stereocenters. The summed E-state index contributed by atoms with van der Waals surface area (Å²) in [4.78, 5) is 31.3. The van der Waals surface area contributed by atoms with Gasteiger partial charge in [-0.15, -0.1) is 24.0 Å². The lowest BCUT2D eigenvalue weighted by molar-refractivity contribution is -0.127. The molecule has 0 aromatic heterocycles. The van der Waals surface area contributed by atoms with Crippen molar-refractivity contribution in [3.8, 4) is 0 Å². The number of hydrogen-bond donors (Lipinski definition) is 3. The molecule has 1 aliphatic heterocycles. The van der Waals surface area contributed by atoms with Crippen LogP contribution in [0.3, 0.4) is 0 Å². The number of likely N-dealkylation sites (N-methyl/N-ethyl adjacent to an activating group) is 2. The first-order valence-corrected chi connectivity index (χ1v) is 8.99. The summed E-state index contributed by atoms with van der Waals surface area (Å²) in [5, 5.41) is 9.40. The molecular weight excluding hydrogens is 447 g/mol. The Bertz CT molecular complexity index is 462. The summed E-state index contributed by atoms with van der Waals surface area (Å²) >= 11 is 0. The minimum Gasteiger partial charge on any atom is -0.358 e. The number of rotatable bonds is 7. The Morgan fingerprint density at radius 1 is 1.23 bits per heavy atom. The van der Waals surface area contributed by atoms with Crippen molar-refractivity contribution in [3.05, 3.63) is 0 Å². The zero-order valence-corrected chi connectivity index (χ0v) is 19.0. The summed E-state index contributed by atoms with van der Waals surface area (Å²) in [5.41, 5.74) is 0. The van der Waals surface area contributed by atoms with Crippen LogP contribution in [0.2, 0.25) is 0 Å². The minimum atomic E-state index is -0.0222. The molecule has 1 heterocycles. The van der Waals surface area contributed by atoms with Crippen LogP contribution < -0.4 is 16.0 Å². The quantitative estimate of drug-likeness (QED) is 0.272. The highest BCUT2D eigenvalue weighted by Crippen LogP contribution is 2.09. The second kappa shape index (κ2) is 13.1. The molecule has 0 bridgehead atoms. The summed E-state index contributed by atoms with van der Waals surface area (Å²) in [6.45, 7) is 7.40. The van der Waals surface area contributed by atoms with Crippen LogP contribution in [-0.2, 0) is 9.59 Å². The second-order valence-electron chi connectivity index (χ2n) is 7.10. The fourth-order valence-corrected chi connectivity index (χ4v) is 2.45. The molecule has 26 heavy (non-hydrogen) atoms. The highest BCUT2D eigenvalue weighted by molar-refractivity contribution is 14.0. The average molecular weight is 482 g/mol. The Morgan fingerprint density at radius 2 is 1.85 bits per heavy atom. The fraction of sp³-hybridized carbons (Fsp3) is 0.824. The Hall–Kier alpha value is -1.10. The average Bonchev–Trinajstić information content (AvgIpc) is 2.58. The molecule has 0 unspecified atom stereocenters. The number of amides is 2. The molecule has 3 N–H and O–H groups in total. The molecule has 152 valence electrons.